The van der Waals surface area contributed by atoms with Crippen molar-refractivity contribution in [3.05, 3.63) is 28.5 Å². The summed E-state index contributed by atoms with van der Waals surface area (Å²) in [7, 11) is -3.93. The predicted molar refractivity (Wildman–Crippen MR) is 82.0 cm³/mol. The molecule has 1 rings (SSSR count). The van der Waals surface area contributed by atoms with Crippen LogP contribution in [0.2, 0.25) is 5.02 Å². The number of sulfonamides is 1. The quantitative estimate of drug-likeness (QED) is 0.798. The molecule has 3 N–H and O–H groups in total. The summed E-state index contributed by atoms with van der Waals surface area (Å²) >= 11 is 7.42. The first-order valence-electron chi connectivity index (χ1n) is 5.98. The van der Waals surface area contributed by atoms with Gasteiger partial charge in [0.05, 0.1) is 0 Å². The van der Waals surface area contributed by atoms with Crippen molar-refractivity contribution in [1.29, 1.82) is 0 Å². The normalized spacial score (nSPS) is 13.4. The molecule has 4 nitrogen and oxygen atoms in total. The third-order valence-electron chi connectivity index (χ3n) is 2.66. The summed E-state index contributed by atoms with van der Waals surface area (Å²) in [4.78, 5) is -0.457. The van der Waals surface area contributed by atoms with Gasteiger partial charge in [0.2, 0.25) is 10.0 Å². The van der Waals surface area contributed by atoms with Crippen molar-refractivity contribution in [2.75, 3.05) is 18.6 Å². The van der Waals surface area contributed by atoms with Gasteiger partial charge in [-0.05, 0) is 30.1 Å². The highest BCUT2D eigenvalue weighted by Crippen LogP contribution is 2.23. The number of thioether (sulfide) groups is 1. The molecule has 1 aromatic rings. The first kappa shape index (κ1) is 17.7. The van der Waals surface area contributed by atoms with Gasteiger partial charge in [-0.25, -0.2) is 17.5 Å². The minimum absolute atomic E-state index is 0.0787. The van der Waals surface area contributed by atoms with E-state index in [2.05, 4.69) is 4.72 Å². The number of hydrogen-bond donors (Lipinski definition) is 2. The van der Waals surface area contributed by atoms with Crippen LogP contribution in [0.15, 0.2) is 17.0 Å². The van der Waals surface area contributed by atoms with E-state index in [1.54, 1.807) is 11.8 Å². The summed E-state index contributed by atoms with van der Waals surface area (Å²) in [6, 6.07) is 2.42. The molecule has 0 heterocycles. The van der Waals surface area contributed by atoms with Crippen molar-refractivity contribution in [3.8, 4) is 0 Å². The number of nitrogens with two attached hydrogens (primary N) is 1. The highest BCUT2D eigenvalue weighted by atomic mass is 35.5. The lowest BCUT2D eigenvalue weighted by molar-refractivity contribution is 0.540. The zero-order valence-electron chi connectivity index (χ0n) is 11.3. The van der Waals surface area contributed by atoms with E-state index >= 15 is 0 Å². The van der Waals surface area contributed by atoms with Crippen LogP contribution in [0.3, 0.4) is 0 Å². The zero-order valence-corrected chi connectivity index (χ0v) is 13.7. The maximum Gasteiger partial charge on any atom is 0.243 e. The minimum atomic E-state index is -3.93. The van der Waals surface area contributed by atoms with Gasteiger partial charge in [0.25, 0.3) is 0 Å². The van der Waals surface area contributed by atoms with Gasteiger partial charge in [-0.3, -0.25) is 0 Å². The van der Waals surface area contributed by atoms with E-state index in [4.69, 9.17) is 17.3 Å². The standard InChI is InChI=1S/C12H18ClFN2O2S2/c1-8(7-19-2)6-16-20(17,18)11-4-10(13)3-9(5-15)12(11)14/h3-4,8,16H,5-7,15H2,1-2H3. The molecule has 1 aromatic carbocycles. The third-order valence-corrected chi connectivity index (χ3v) is 5.21. The van der Waals surface area contributed by atoms with Crippen LogP contribution in [-0.2, 0) is 16.6 Å². The summed E-state index contributed by atoms with van der Waals surface area (Å²) in [5, 5.41) is 0.143. The Bertz CT molecular complexity index is 567. The molecule has 114 valence electrons. The second-order valence-corrected chi connectivity index (χ2v) is 7.58. The van der Waals surface area contributed by atoms with Gasteiger partial charge >= 0.3 is 0 Å². The van der Waals surface area contributed by atoms with Gasteiger partial charge in [-0.1, -0.05) is 18.5 Å². The van der Waals surface area contributed by atoms with Crippen molar-refractivity contribution >= 4 is 33.4 Å². The average Bonchev–Trinajstić information content (AvgIpc) is 2.39. The van der Waals surface area contributed by atoms with Crippen LogP contribution in [0.5, 0.6) is 0 Å². The SMILES string of the molecule is CSCC(C)CNS(=O)(=O)c1cc(Cl)cc(CN)c1F. The van der Waals surface area contributed by atoms with Crippen molar-refractivity contribution in [3.63, 3.8) is 0 Å². The molecule has 0 amide bonds. The molecule has 0 saturated carbocycles. The molecular formula is C12H18ClFN2O2S2. The fourth-order valence-corrected chi connectivity index (χ4v) is 3.94. The maximum absolute atomic E-state index is 14.1. The van der Waals surface area contributed by atoms with Crippen LogP contribution in [0.4, 0.5) is 4.39 Å². The lowest BCUT2D eigenvalue weighted by atomic mass is 10.2. The molecule has 1 atom stereocenters. The van der Waals surface area contributed by atoms with Crippen LogP contribution >= 0.6 is 23.4 Å². The van der Waals surface area contributed by atoms with Crippen molar-refractivity contribution in [1.82, 2.24) is 4.72 Å². The molecule has 0 aliphatic heterocycles. The van der Waals surface area contributed by atoms with Crippen LogP contribution < -0.4 is 10.5 Å². The third kappa shape index (κ3) is 4.60. The van der Waals surface area contributed by atoms with E-state index in [0.717, 1.165) is 11.8 Å². The molecular weight excluding hydrogens is 323 g/mol. The van der Waals surface area contributed by atoms with E-state index in [-0.39, 0.29) is 29.6 Å². The first-order chi connectivity index (χ1) is 9.31. The highest BCUT2D eigenvalue weighted by Gasteiger charge is 2.22. The molecule has 1 unspecified atom stereocenters. The Labute approximate surface area is 128 Å². The van der Waals surface area contributed by atoms with E-state index < -0.39 is 20.7 Å². The number of nitrogens with one attached hydrogen (secondary N) is 1. The molecule has 0 spiro atoms. The summed E-state index contributed by atoms with van der Waals surface area (Å²) in [5.74, 6) is 0.118. The summed E-state index contributed by atoms with van der Waals surface area (Å²) < 4.78 is 40.7. The van der Waals surface area contributed by atoms with Crippen LogP contribution in [0, 0.1) is 11.7 Å². The number of hydrogen-bond acceptors (Lipinski definition) is 4. The smallest absolute Gasteiger partial charge is 0.243 e. The second-order valence-electron chi connectivity index (χ2n) is 4.49. The molecule has 20 heavy (non-hydrogen) atoms. The maximum atomic E-state index is 14.1. The van der Waals surface area contributed by atoms with Gasteiger partial charge < -0.3 is 5.73 Å². The Hall–Kier alpha value is -0.340. The van der Waals surface area contributed by atoms with Gasteiger partial charge in [-0.15, -0.1) is 0 Å². The molecule has 0 aliphatic rings. The number of benzene rings is 1. The van der Waals surface area contributed by atoms with Crippen molar-refractivity contribution in [2.45, 2.75) is 18.4 Å². The zero-order chi connectivity index (χ0) is 15.3. The number of halogens is 2. The molecule has 0 fully saturated rings. The van der Waals surface area contributed by atoms with Crippen LogP contribution in [0.25, 0.3) is 0 Å². The molecule has 0 aromatic heterocycles. The monoisotopic (exact) mass is 340 g/mol. The van der Waals surface area contributed by atoms with E-state index in [1.807, 2.05) is 13.2 Å². The van der Waals surface area contributed by atoms with Crippen molar-refractivity contribution in [2.24, 2.45) is 11.7 Å². The largest absolute Gasteiger partial charge is 0.326 e. The fourth-order valence-electron chi connectivity index (χ4n) is 1.64. The van der Waals surface area contributed by atoms with E-state index in [9.17, 15) is 12.8 Å². The molecule has 8 heteroatoms. The lowest BCUT2D eigenvalue weighted by Gasteiger charge is -2.13. The van der Waals surface area contributed by atoms with E-state index in [0.29, 0.717) is 0 Å². The highest BCUT2D eigenvalue weighted by molar-refractivity contribution is 7.98. The summed E-state index contributed by atoms with van der Waals surface area (Å²) in [6.45, 7) is 2.05. The van der Waals surface area contributed by atoms with Gasteiger partial charge in [-0.2, -0.15) is 11.8 Å². The average molecular weight is 341 g/mol. The van der Waals surface area contributed by atoms with E-state index in [1.165, 1.54) is 6.07 Å². The van der Waals surface area contributed by atoms with Gasteiger partial charge in [0.15, 0.2) is 0 Å². The predicted octanol–water partition coefficient (Wildman–Crippen LogP) is 2.22. The summed E-state index contributed by atoms with van der Waals surface area (Å²) in [6.07, 6.45) is 1.94. The molecule has 0 bridgehead atoms. The Kier molecular flexibility index (Phi) is 6.74. The first-order valence-corrected chi connectivity index (χ1v) is 9.24. The van der Waals surface area contributed by atoms with Crippen LogP contribution in [0.1, 0.15) is 12.5 Å². The number of rotatable bonds is 7. The Morgan fingerprint density at radius 1 is 1.50 bits per heavy atom. The van der Waals surface area contributed by atoms with Gasteiger partial charge in [0, 0.05) is 23.7 Å². The minimum Gasteiger partial charge on any atom is -0.326 e. The van der Waals surface area contributed by atoms with Gasteiger partial charge in [0.1, 0.15) is 10.7 Å². The fraction of sp³-hybridized carbons (Fsp3) is 0.500. The van der Waals surface area contributed by atoms with Crippen molar-refractivity contribution < 1.29 is 12.8 Å². The molecule has 0 saturated heterocycles. The Morgan fingerprint density at radius 3 is 2.70 bits per heavy atom. The topological polar surface area (TPSA) is 72.2 Å². The van der Waals surface area contributed by atoms with Crippen LogP contribution in [-0.4, -0.2) is 27.0 Å². The molecule has 0 aliphatic carbocycles. The second kappa shape index (κ2) is 7.61. The Morgan fingerprint density at radius 2 is 2.15 bits per heavy atom. The Balaban J connectivity index is 3.01. The molecule has 0 radical (unpaired) electrons. The summed E-state index contributed by atoms with van der Waals surface area (Å²) in [5.41, 5.74) is 5.46. The lowest BCUT2D eigenvalue weighted by Crippen LogP contribution is -2.30.